The van der Waals surface area contributed by atoms with Crippen molar-refractivity contribution in [2.45, 2.75) is 37.5 Å². The molecule has 2 heterocycles. The first-order valence-electron chi connectivity index (χ1n) is 12.9. The van der Waals surface area contributed by atoms with E-state index in [0.717, 1.165) is 34.7 Å². The van der Waals surface area contributed by atoms with E-state index in [1.165, 1.54) is 6.07 Å². The number of amides is 1. The molecule has 1 aliphatic rings. The van der Waals surface area contributed by atoms with Gasteiger partial charge >= 0.3 is 0 Å². The number of nitrogens with zero attached hydrogens (tertiary/aromatic N) is 2. The van der Waals surface area contributed by atoms with Gasteiger partial charge in [0.15, 0.2) is 0 Å². The minimum absolute atomic E-state index is 0.126. The molecule has 3 aromatic carbocycles. The summed E-state index contributed by atoms with van der Waals surface area (Å²) in [5.41, 5.74) is 3.35. The first kappa shape index (κ1) is 26.6. The van der Waals surface area contributed by atoms with Gasteiger partial charge in [-0.2, -0.15) is 4.98 Å². The number of hydrogen-bond donors (Lipinski definition) is 4. The Bertz CT molecular complexity index is 1510. The standard InChI is InChI=1S/C30H31FN6OS/c1-19-8-4-5-11-24(19)30(2,3)28(38)36-26-13-12-20(16-25(26)31)23-18-33-29-35-21-9-6-10-22(17-21)39-34-15-7-14-32-27(23)37-29/h4-6,8-13,16-18,34H,7,14-15H2,1-3H3,(H,36,38)(H2,32,33,35,37). The Kier molecular flexibility index (Phi) is 7.81. The topological polar surface area (TPSA) is 91.0 Å². The smallest absolute Gasteiger partial charge is 0.234 e. The number of fused-ring (bicyclic) bond motifs is 4. The molecule has 0 saturated carbocycles. The van der Waals surface area contributed by atoms with Crippen LogP contribution >= 0.6 is 11.9 Å². The van der Waals surface area contributed by atoms with Crippen molar-refractivity contribution in [3.63, 3.8) is 0 Å². The maximum absolute atomic E-state index is 15.3. The molecule has 4 N–H and O–H groups in total. The highest BCUT2D eigenvalue weighted by atomic mass is 32.2. The van der Waals surface area contributed by atoms with Crippen LogP contribution in [-0.2, 0) is 10.2 Å². The van der Waals surface area contributed by atoms with Crippen LogP contribution in [-0.4, -0.2) is 29.0 Å². The van der Waals surface area contributed by atoms with Crippen LogP contribution in [0.15, 0.2) is 77.8 Å². The predicted molar refractivity (Wildman–Crippen MR) is 157 cm³/mol. The average Bonchev–Trinajstić information content (AvgIpc) is 2.92. The minimum Gasteiger partial charge on any atom is -0.369 e. The van der Waals surface area contributed by atoms with E-state index in [0.29, 0.717) is 29.4 Å². The highest BCUT2D eigenvalue weighted by molar-refractivity contribution is 7.97. The second kappa shape index (κ2) is 11.4. The van der Waals surface area contributed by atoms with Crippen LogP contribution in [0.1, 0.15) is 31.4 Å². The highest BCUT2D eigenvalue weighted by Crippen LogP contribution is 2.32. The average molecular weight is 543 g/mol. The van der Waals surface area contributed by atoms with Crippen LogP contribution in [0.25, 0.3) is 11.1 Å². The van der Waals surface area contributed by atoms with Gasteiger partial charge in [0.25, 0.3) is 0 Å². The van der Waals surface area contributed by atoms with Crippen LogP contribution in [0.3, 0.4) is 0 Å². The molecule has 0 aliphatic carbocycles. The van der Waals surface area contributed by atoms with E-state index in [-0.39, 0.29) is 11.6 Å². The molecule has 1 aliphatic heterocycles. The highest BCUT2D eigenvalue weighted by Gasteiger charge is 2.31. The zero-order chi connectivity index (χ0) is 27.4. The van der Waals surface area contributed by atoms with E-state index >= 15 is 4.39 Å². The SMILES string of the molecule is Cc1ccccc1C(C)(C)C(=O)Nc1ccc(-c2cnc3nc2NCCCNSc2cccc(c2)N3)cc1F. The van der Waals surface area contributed by atoms with E-state index in [9.17, 15) is 4.79 Å². The Morgan fingerprint density at radius 2 is 1.90 bits per heavy atom. The third-order valence-electron chi connectivity index (χ3n) is 6.73. The number of aryl methyl sites for hydroxylation is 1. The zero-order valence-corrected chi connectivity index (χ0v) is 23.0. The fraction of sp³-hybridized carbons (Fsp3) is 0.233. The summed E-state index contributed by atoms with van der Waals surface area (Å²) < 4.78 is 18.7. The lowest BCUT2D eigenvalue weighted by molar-refractivity contribution is -0.120. The number of hydrogen-bond acceptors (Lipinski definition) is 7. The summed E-state index contributed by atoms with van der Waals surface area (Å²) in [6, 6.07) is 20.5. The zero-order valence-electron chi connectivity index (χ0n) is 22.1. The molecular formula is C30H31FN6OS. The van der Waals surface area contributed by atoms with Crippen molar-refractivity contribution in [2.75, 3.05) is 29.0 Å². The summed E-state index contributed by atoms with van der Waals surface area (Å²) in [4.78, 5) is 23.5. The van der Waals surface area contributed by atoms with Crippen molar-refractivity contribution in [3.8, 4) is 11.1 Å². The lowest BCUT2D eigenvalue weighted by atomic mass is 9.81. The van der Waals surface area contributed by atoms with Gasteiger partial charge in [-0.3, -0.25) is 9.52 Å². The van der Waals surface area contributed by atoms with E-state index in [4.69, 9.17) is 0 Å². The molecule has 1 amide bonds. The van der Waals surface area contributed by atoms with E-state index in [2.05, 4.69) is 30.6 Å². The van der Waals surface area contributed by atoms with Crippen molar-refractivity contribution >= 4 is 41.0 Å². The Morgan fingerprint density at radius 3 is 2.72 bits per heavy atom. The molecule has 0 atom stereocenters. The largest absolute Gasteiger partial charge is 0.369 e. The van der Waals surface area contributed by atoms with Crippen molar-refractivity contribution in [2.24, 2.45) is 0 Å². The van der Waals surface area contributed by atoms with Gasteiger partial charge < -0.3 is 16.0 Å². The summed E-state index contributed by atoms with van der Waals surface area (Å²) >= 11 is 1.58. The molecule has 0 spiro atoms. The van der Waals surface area contributed by atoms with Crippen molar-refractivity contribution < 1.29 is 9.18 Å². The molecule has 39 heavy (non-hydrogen) atoms. The van der Waals surface area contributed by atoms with Gasteiger partial charge in [-0.1, -0.05) is 36.4 Å². The number of anilines is 4. The van der Waals surface area contributed by atoms with Crippen LogP contribution < -0.4 is 20.7 Å². The normalized spacial score (nSPS) is 13.6. The number of halogens is 1. The summed E-state index contributed by atoms with van der Waals surface area (Å²) in [7, 11) is 0. The molecule has 7 nitrogen and oxygen atoms in total. The van der Waals surface area contributed by atoms with Crippen molar-refractivity contribution in [1.82, 2.24) is 14.7 Å². The number of nitrogens with one attached hydrogen (secondary N) is 4. The minimum atomic E-state index is -0.835. The Morgan fingerprint density at radius 1 is 1.05 bits per heavy atom. The van der Waals surface area contributed by atoms with Crippen LogP contribution in [0.4, 0.5) is 27.5 Å². The lowest BCUT2D eigenvalue weighted by Gasteiger charge is -2.26. The van der Waals surface area contributed by atoms with E-state index < -0.39 is 11.2 Å². The molecule has 1 aromatic heterocycles. The molecular weight excluding hydrogens is 511 g/mol. The van der Waals surface area contributed by atoms with Gasteiger partial charge in [0.1, 0.15) is 11.6 Å². The van der Waals surface area contributed by atoms with Crippen LogP contribution in [0.2, 0.25) is 0 Å². The van der Waals surface area contributed by atoms with Crippen LogP contribution in [0, 0.1) is 12.7 Å². The van der Waals surface area contributed by atoms with Crippen LogP contribution in [0.5, 0.6) is 0 Å². The van der Waals surface area contributed by atoms with E-state index in [1.54, 1.807) is 30.3 Å². The molecule has 9 heteroatoms. The monoisotopic (exact) mass is 542 g/mol. The Balaban J connectivity index is 1.40. The molecule has 0 radical (unpaired) electrons. The summed E-state index contributed by atoms with van der Waals surface area (Å²) in [5, 5.41) is 9.40. The van der Waals surface area contributed by atoms with E-state index in [1.807, 2.05) is 69.3 Å². The van der Waals surface area contributed by atoms with Gasteiger partial charge in [0.05, 0.1) is 11.1 Å². The van der Waals surface area contributed by atoms with Gasteiger partial charge in [0, 0.05) is 35.4 Å². The first-order valence-corrected chi connectivity index (χ1v) is 13.7. The molecule has 4 aromatic rings. The summed E-state index contributed by atoms with van der Waals surface area (Å²) in [6.07, 6.45) is 2.55. The number of benzene rings is 3. The second-order valence-corrected chi connectivity index (χ2v) is 10.9. The predicted octanol–water partition coefficient (Wildman–Crippen LogP) is 6.66. The van der Waals surface area contributed by atoms with Gasteiger partial charge in [0.2, 0.25) is 11.9 Å². The Hall–Kier alpha value is -3.95. The second-order valence-electron chi connectivity index (χ2n) is 9.97. The van der Waals surface area contributed by atoms with Gasteiger partial charge in [-0.15, -0.1) is 0 Å². The maximum atomic E-state index is 15.3. The Labute approximate surface area is 232 Å². The van der Waals surface area contributed by atoms with Crippen molar-refractivity contribution in [1.29, 1.82) is 0 Å². The fourth-order valence-electron chi connectivity index (χ4n) is 4.52. The lowest BCUT2D eigenvalue weighted by Crippen LogP contribution is -2.35. The molecule has 0 fully saturated rings. The fourth-order valence-corrected chi connectivity index (χ4v) is 5.26. The number of carbonyl (C=O) groups excluding carboxylic acids is 1. The van der Waals surface area contributed by atoms with Crippen molar-refractivity contribution in [3.05, 3.63) is 89.9 Å². The molecule has 0 saturated heterocycles. The first-order chi connectivity index (χ1) is 18.8. The van der Waals surface area contributed by atoms with Gasteiger partial charge in [-0.05, 0) is 86.2 Å². The third kappa shape index (κ3) is 6.05. The third-order valence-corrected chi connectivity index (χ3v) is 7.57. The number of aromatic nitrogens is 2. The quantitative estimate of drug-likeness (QED) is 0.214. The molecule has 5 rings (SSSR count). The summed E-state index contributed by atoms with van der Waals surface area (Å²) in [5.74, 6) is 0.238. The van der Waals surface area contributed by atoms with Gasteiger partial charge in [-0.25, -0.2) is 9.37 Å². The maximum Gasteiger partial charge on any atom is 0.234 e. The number of carbonyl (C=O) groups is 1. The molecule has 4 bridgehead atoms. The molecule has 0 unspecified atom stereocenters. The summed E-state index contributed by atoms with van der Waals surface area (Å²) in [6.45, 7) is 7.14. The molecule has 200 valence electrons. The number of rotatable bonds is 4.